The van der Waals surface area contributed by atoms with E-state index in [0.717, 1.165) is 36.2 Å². The van der Waals surface area contributed by atoms with Crippen LogP contribution in [0, 0.1) is 0 Å². The zero-order chi connectivity index (χ0) is 23.5. The summed E-state index contributed by atoms with van der Waals surface area (Å²) in [6, 6.07) is 23.3. The fourth-order valence-corrected chi connectivity index (χ4v) is 6.71. The van der Waals surface area contributed by atoms with Gasteiger partial charge >= 0.3 is 15.2 Å². The molecule has 2 heterocycles. The molecule has 174 valence electrons. The van der Waals surface area contributed by atoms with Crippen molar-refractivity contribution in [1.82, 2.24) is 4.98 Å². The predicted octanol–water partition coefficient (Wildman–Crippen LogP) is 4.02. The van der Waals surface area contributed by atoms with E-state index >= 15 is 0 Å². The van der Waals surface area contributed by atoms with Crippen molar-refractivity contribution in [3.8, 4) is 0 Å². The van der Waals surface area contributed by atoms with E-state index in [0.29, 0.717) is 16.2 Å². The minimum atomic E-state index is -3.84. The van der Waals surface area contributed by atoms with Gasteiger partial charge in [-0.15, -0.1) is 3.97 Å². The summed E-state index contributed by atoms with van der Waals surface area (Å²) in [6.45, 7) is 2.14. The van der Waals surface area contributed by atoms with Gasteiger partial charge in [0.1, 0.15) is 4.90 Å². The molecule has 34 heavy (non-hydrogen) atoms. The number of amides is 1. The summed E-state index contributed by atoms with van der Waals surface area (Å²) in [5.74, 6) is -0.147. The summed E-state index contributed by atoms with van der Waals surface area (Å²) >= 11 is 1.15. The summed E-state index contributed by atoms with van der Waals surface area (Å²) in [7, 11) is -3.84. The quantitative estimate of drug-likeness (QED) is 0.300. The first kappa shape index (κ1) is 22.5. The van der Waals surface area contributed by atoms with Crippen molar-refractivity contribution in [2.45, 2.75) is 22.9 Å². The molecule has 0 bridgehead atoms. The summed E-state index contributed by atoms with van der Waals surface area (Å²) < 4.78 is 28.1. The van der Waals surface area contributed by atoms with E-state index in [1.807, 2.05) is 36.4 Å². The summed E-state index contributed by atoms with van der Waals surface area (Å²) in [6.07, 6.45) is 2.42. The Morgan fingerprint density at radius 3 is 2.35 bits per heavy atom. The highest BCUT2D eigenvalue weighted by atomic mass is 32.2. The van der Waals surface area contributed by atoms with Crippen molar-refractivity contribution in [3.63, 3.8) is 0 Å². The third-order valence-corrected chi connectivity index (χ3v) is 8.60. The number of anilines is 2. The summed E-state index contributed by atoms with van der Waals surface area (Å²) in [5.41, 5.74) is 3.10. The number of carbonyl (C=O) groups excluding carboxylic acids is 1. The van der Waals surface area contributed by atoms with Crippen molar-refractivity contribution in [3.05, 3.63) is 78.9 Å². The van der Waals surface area contributed by atoms with Crippen LogP contribution in [0.15, 0.2) is 88.9 Å². The molecule has 2 N–H and O–H groups in total. The van der Waals surface area contributed by atoms with Gasteiger partial charge in [0.2, 0.25) is 5.91 Å². The minimum Gasteiger partial charge on any atom is -0.372 e. The highest BCUT2D eigenvalue weighted by Gasteiger charge is 2.31. The molecule has 9 heteroatoms. The summed E-state index contributed by atoms with van der Waals surface area (Å²) in [5, 5.41) is 3.28. The van der Waals surface area contributed by atoms with Crippen molar-refractivity contribution in [2.75, 3.05) is 29.1 Å². The number of hydrogen-bond donors (Lipinski definition) is 2. The molecule has 0 radical (unpaired) electrons. The van der Waals surface area contributed by atoms with Crippen molar-refractivity contribution in [2.24, 2.45) is 0 Å². The standard InChI is InChI=1S/C25H24N4O3S2/c30-24(26-19-12-14-20(15-13-19)28-16-6-7-17-28)18-33-25-27-22-10-4-5-11-23(22)29(25)34(31,32)21-8-2-1-3-9-21/h1-5,8-15H,6-7,16-18H2,(H,26,30)/p+1. The monoisotopic (exact) mass is 493 g/mol. The molecule has 0 unspecified atom stereocenters. The lowest BCUT2D eigenvalue weighted by Crippen LogP contribution is -2.44. The number of imidazole rings is 1. The van der Waals surface area contributed by atoms with Gasteiger partial charge < -0.3 is 10.2 Å². The number of nitrogens with zero attached hydrogens (tertiary/aromatic N) is 2. The molecule has 0 atom stereocenters. The number of aromatic amines is 1. The Balaban J connectivity index is 1.34. The van der Waals surface area contributed by atoms with Gasteiger partial charge in [0, 0.05) is 24.5 Å². The molecule has 1 aliphatic heterocycles. The average molecular weight is 494 g/mol. The number of para-hydroxylation sites is 2. The van der Waals surface area contributed by atoms with Gasteiger partial charge in [0.05, 0.1) is 5.75 Å². The van der Waals surface area contributed by atoms with Gasteiger partial charge in [-0.2, -0.15) is 8.42 Å². The van der Waals surface area contributed by atoms with Gasteiger partial charge in [-0.3, -0.25) is 4.79 Å². The van der Waals surface area contributed by atoms with E-state index in [4.69, 9.17) is 0 Å². The van der Waals surface area contributed by atoms with E-state index in [1.54, 1.807) is 42.5 Å². The van der Waals surface area contributed by atoms with Crippen LogP contribution >= 0.6 is 11.8 Å². The molecule has 1 aliphatic rings. The highest BCUT2D eigenvalue weighted by Crippen LogP contribution is 2.24. The number of thioether (sulfide) groups is 1. The molecule has 1 fully saturated rings. The maximum atomic E-state index is 13.4. The topological polar surface area (TPSA) is 86.1 Å². The Bertz CT molecular complexity index is 1410. The fraction of sp³-hybridized carbons (Fsp3) is 0.200. The van der Waals surface area contributed by atoms with E-state index in [2.05, 4.69) is 15.2 Å². The van der Waals surface area contributed by atoms with Gasteiger partial charge in [-0.05, 0) is 73.1 Å². The number of H-pyrrole nitrogens is 1. The average Bonchev–Trinajstić information content (AvgIpc) is 3.52. The zero-order valence-electron chi connectivity index (χ0n) is 18.5. The molecular weight excluding hydrogens is 468 g/mol. The molecule has 1 saturated heterocycles. The molecular formula is C25H25N4O3S2+. The predicted molar refractivity (Wildman–Crippen MR) is 135 cm³/mol. The Hall–Kier alpha value is -3.30. The van der Waals surface area contributed by atoms with Crippen molar-refractivity contribution in [1.29, 1.82) is 0 Å². The van der Waals surface area contributed by atoms with Gasteiger partial charge in [0.25, 0.3) is 0 Å². The van der Waals surface area contributed by atoms with Gasteiger partial charge in [-0.25, -0.2) is 4.98 Å². The van der Waals surface area contributed by atoms with E-state index < -0.39 is 10.0 Å². The lowest BCUT2D eigenvalue weighted by molar-refractivity contribution is -0.526. The van der Waals surface area contributed by atoms with E-state index in [-0.39, 0.29) is 16.6 Å². The number of aromatic nitrogens is 2. The van der Waals surface area contributed by atoms with E-state index in [9.17, 15) is 13.2 Å². The van der Waals surface area contributed by atoms with Crippen LogP contribution in [0.3, 0.4) is 0 Å². The number of benzene rings is 3. The Morgan fingerprint density at radius 2 is 1.62 bits per heavy atom. The first-order valence-electron chi connectivity index (χ1n) is 11.1. The highest BCUT2D eigenvalue weighted by molar-refractivity contribution is 8.00. The van der Waals surface area contributed by atoms with Crippen LogP contribution in [0.2, 0.25) is 0 Å². The summed E-state index contributed by atoms with van der Waals surface area (Å²) in [4.78, 5) is 18.3. The Kier molecular flexibility index (Phi) is 6.30. The molecule has 4 aromatic rings. The molecule has 3 aromatic carbocycles. The van der Waals surface area contributed by atoms with Crippen LogP contribution in [0.1, 0.15) is 12.8 Å². The first-order chi connectivity index (χ1) is 16.5. The molecule has 7 nitrogen and oxygen atoms in total. The Labute approximate surface area is 202 Å². The first-order valence-corrected chi connectivity index (χ1v) is 13.6. The molecule has 5 rings (SSSR count). The molecule has 1 amide bonds. The lowest BCUT2D eigenvalue weighted by Gasteiger charge is -2.17. The number of hydrogen-bond acceptors (Lipinski definition) is 5. The third kappa shape index (κ3) is 4.53. The SMILES string of the molecule is O=C(CSc1[nH]c2ccccc2[n+]1S(=O)(=O)c1ccccc1)Nc1ccc(N2CCCC2)cc1. The van der Waals surface area contributed by atoms with E-state index in [1.165, 1.54) is 16.8 Å². The molecule has 1 aromatic heterocycles. The number of nitrogens with one attached hydrogen (secondary N) is 2. The molecule has 0 saturated carbocycles. The number of carbonyl (C=O) groups is 1. The second-order valence-corrected chi connectivity index (χ2v) is 10.9. The second kappa shape index (κ2) is 9.52. The Morgan fingerprint density at radius 1 is 0.941 bits per heavy atom. The van der Waals surface area contributed by atoms with Crippen LogP contribution in [0.5, 0.6) is 0 Å². The molecule has 0 spiro atoms. The van der Waals surface area contributed by atoms with Gasteiger partial charge in [0.15, 0.2) is 11.0 Å². The molecule has 0 aliphatic carbocycles. The zero-order valence-corrected chi connectivity index (χ0v) is 20.1. The smallest absolute Gasteiger partial charge is 0.336 e. The fourth-order valence-electron chi connectivity index (χ4n) is 4.12. The lowest BCUT2D eigenvalue weighted by atomic mass is 10.2. The van der Waals surface area contributed by atoms with Crippen LogP contribution in [-0.2, 0) is 14.8 Å². The number of rotatable bonds is 7. The van der Waals surface area contributed by atoms with Crippen LogP contribution in [-0.4, -0.2) is 38.2 Å². The van der Waals surface area contributed by atoms with Crippen molar-refractivity contribution < 1.29 is 17.2 Å². The van der Waals surface area contributed by atoms with Crippen LogP contribution in [0.4, 0.5) is 11.4 Å². The van der Waals surface area contributed by atoms with Crippen LogP contribution in [0.25, 0.3) is 11.0 Å². The number of fused-ring (bicyclic) bond motifs is 1. The largest absolute Gasteiger partial charge is 0.372 e. The van der Waals surface area contributed by atoms with Gasteiger partial charge in [-0.1, -0.05) is 30.3 Å². The maximum absolute atomic E-state index is 13.4. The normalized spacial score (nSPS) is 13.9. The van der Waals surface area contributed by atoms with Crippen molar-refractivity contribution >= 4 is 50.1 Å². The third-order valence-electron chi connectivity index (χ3n) is 5.79. The van der Waals surface area contributed by atoms with Crippen LogP contribution < -0.4 is 14.2 Å². The second-order valence-electron chi connectivity index (χ2n) is 8.11. The maximum Gasteiger partial charge on any atom is 0.336 e. The minimum absolute atomic E-state index is 0.0605.